The first kappa shape index (κ1) is 31.1. The van der Waals surface area contributed by atoms with E-state index in [1.165, 1.54) is 6.33 Å². The van der Waals surface area contributed by atoms with Crippen molar-refractivity contribution in [3.63, 3.8) is 0 Å². The minimum atomic E-state index is -1.60. The summed E-state index contributed by atoms with van der Waals surface area (Å²) in [5.74, 6) is 2.44. The number of hydrogen-bond acceptors (Lipinski definition) is 10. The Morgan fingerprint density at radius 3 is 2.59 bits per heavy atom. The van der Waals surface area contributed by atoms with Crippen LogP contribution >= 0.6 is 11.6 Å². The lowest BCUT2D eigenvalue weighted by Gasteiger charge is -2.28. The van der Waals surface area contributed by atoms with E-state index >= 15 is 0 Å². The lowest BCUT2D eigenvalue weighted by molar-refractivity contribution is -0.0973. The van der Waals surface area contributed by atoms with Gasteiger partial charge in [0.1, 0.15) is 31.9 Å². The zero-order chi connectivity index (χ0) is 32.3. The molecule has 1 aliphatic rings. The van der Waals surface area contributed by atoms with Crippen LogP contribution in [0.2, 0.25) is 5.02 Å². The number of benzene rings is 4. The molecule has 0 amide bonds. The van der Waals surface area contributed by atoms with Gasteiger partial charge in [-0.3, -0.25) is 0 Å². The van der Waals surface area contributed by atoms with E-state index in [1.807, 2.05) is 42.5 Å². The molecule has 2 heterocycles. The second-order valence-corrected chi connectivity index (χ2v) is 11.7. The first-order chi connectivity index (χ1) is 22.2. The first-order valence-electron chi connectivity index (χ1n) is 14.6. The summed E-state index contributed by atoms with van der Waals surface area (Å²) in [5.41, 5.74) is 3.43. The second kappa shape index (κ2) is 13.2. The molecule has 0 saturated carbocycles. The number of nitrogens with one attached hydrogen (secondary N) is 1. The standard InChI is InChI=1S/C35H31ClN4O6/c1-35(2,34(41)42)40-18-24-14-27(36)30(16-29(24)45-19-22-6-3-5-21(13-22)17-37)46-33-26-8-4-7-25(32(26)38-20-39-33)23-9-10-28-31(15-23)44-12-11-43-28/h3-10,13-16,20,34,40-42H,11-12,18-19H2,1-2H3. The molecule has 3 N–H and O–H groups in total. The highest BCUT2D eigenvalue weighted by atomic mass is 35.5. The molecule has 0 fully saturated rings. The van der Waals surface area contributed by atoms with Crippen LogP contribution in [-0.2, 0) is 13.2 Å². The number of aromatic nitrogens is 2. The molecule has 0 saturated heterocycles. The highest BCUT2D eigenvalue weighted by Gasteiger charge is 2.26. The maximum Gasteiger partial charge on any atom is 0.230 e. The molecule has 0 atom stereocenters. The Balaban J connectivity index is 1.34. The molecule has 0 radical (unpaired) electrons. The maximum atomic E-state index is 9.79. The molecule has 1 aliphatic heterocycles. The predicted molar refractivity (Wildman–Crippen MR) is 172 cm³/mol. The van der Waals surface area contributed by atoms with Crippen LogP contribution in [0.3, 0.4) is 0 Å². The molecule has 1 aromatic heterocycles. The number of ether oxygens (including phenoxy) is 4. The quantitative estimate of drug-likeness (QED) is 0.153. The number of nitriles is 1. The SMILES string of the molecule is CC(C)(NCc1cc(Cl)c(Oc2ncnc3c(-c4ccc5c(c4)OCCO5)cccc23)cc1OCc1cccc(C#N)c1)C(O)O. The van der Waals surface area contributed by atoms with Gasteiger partial charge in [0.05, 0.1) is 33.1 Å². The molecule has 11 heteroatoms. The molecule has 0 unspecified atom stereocenters. The van der Waals surface area contributed by atoms with Crippen molar-refractivity contribution in [3.8, 4) is 46.1 Å². The highest BCUT2D eigenvalue weighted by Crippen LogP contribution is 2.40. The van der Waals surface area contributed by atoms with Gasteiger partial charge in [0.25, 0.3) is 0 Å². The lowest BCUT2D eigenvalue weighted by Crippen LogP contribution is -2.49. The third-order valence-electron chi connectivity index (χ3n) is 7.63. The van der Waals surface area contributed by atoms with E-state index in [4.69, 9.17) is 30.5 Å². The van der Waals surface area contributed by atoms with E-state index in [1.54, 1.807) is 44.2 Å². The molecule has 4 aromatic carbocycles. The van der Waals surface area contributed by atoms with E-state index in [0.717, 1.165) is 16.7 Å². The Hall–Kier alpha value is -4.92. The summed E-state index contributed by atoms with van der Waals surface area (Å²) < 4.78 is 24.0. The van der Waals surface area contributed by atoms with Crippen molar-refractivity contribution in [2.75, 3.05) is 13.2 Å². The molecular formula is C35H31ClN4O6. The van der Waals surface area contributed by atoms with Crippen molar-refractivity contribution >= 4 is 22.5 Å². The normalized spacial score (nSPS) is 12.6. The summed E-state index contributed by atoms with van der Waals surface area (Å²) in [7, 11) is 0. The van der Waals surface area contributed by atoms with E-state index in [9.17, 15) is 15.5 Å². The van der Waals surface area contributed by atoms with Crippen molar-refractivity contribution in [2.24, 2.45) is 0 Å². The van der Waals surface area contributed by atoms with Crippen LogP contribution in [0, 0.1) is 11.3 Å². The summed E-state index contributed by atoms with van der Waals surface area (Å²) in [6, 6.07) is 24.2. The van der Waals surface area contributed by atoms with E-state index in [-0.39, 0.29) is 13.2 Å². The van der Waals surface area contributed by atoms with E-state index in [0.29, 0.717) is 69.1 Å². The zero-order valence-electron chi connectivity index (χ0n) is 25.2. The summed E-state index contributed by atoms with van der Waals surface area (Å²) in [6.45, 7) is 4.73. The van der Waals surface area contributed by atoms with Gasteiger partial charge in [-0.2, -0.15) is 5.26 Å². The lowest BCUT2D eigenvalue weighted by atomic mass is 10.0. The Kier molecular flexibility index (Phi) is 8.92. The van der Waals surface area contributed by atoms with Gasteiger partial charge in [-0.05, 0) is 61.4 Å². The molecule has 5 aromatic rings. The summed E-state index contributed by atoms with van der Waals surface area (Å²) in [6.07, 6.45) is -0.158. The van der Waals surface area contributed by atoms with Crippen LogP contribution in [0.15, 0.2) is 79.1 Å². The summed E-state index contributed by atoms with van der Waals surface area (Å²) in [4.78, 5) is 9.00. The second-order valence-electron chi connectivity index (χ2n) is 11.3. The van der Waals surface area contributed by atoms with Crippen molar-refractivity contribution in [1.82, 2.24) is 15.3 Å². The molecule has 46 heavy (non-hydrogen) atoms. The number of aliphatic hydroxyl groups excluding tert-OH is 1. The van der Waals surface area contributed by atoms with Gasteiger partial charge in [0, 0.05) is 23.7 Å². The van der Waals surface area contributed by atoms with Gasteiger partial charge in [0.15, 0.2) is 23.5 Å². The Bertz CT molecular complexity index is 1940. The topological polar surface area (TPSA) is 139 Å². The third-order valence-corrected chi connectivity index (χ3v) is 7.93. The van der Waals surface area contributed by atoms with Crippen LogP contribution in [0.1, 0.15) is 30.5 Å². The maximum absolute atomic E-state index is 9.79. The van der Waals surface area contributed by atoms with Crippen LogP contribution in [0.4, 0.5) is 0 Å². The van der Waals surface area contributed by atoms with Gasteiger partial charge >= 0.3 is 0 Å². The van der Waals surface area contributed by atoms with Crippen molar-refractivity contribution in [1.29, 1.82) is 5.26 Å². The predicted octanol–water partition coefficient (Wildman–Crippen LogP) is 6.14. The Morgan fingerprint density at radius 2 is 1.78 bits per heavy atom. The number of fused-ring (bicyclic) bond motifs is 2. The number of nitrogens with zero attached hydrogens (tertiary/aromatic N) is 3. The fourth-order valence-electron chi connectivity index (χ4n) is 4.93. The monoisotopic (exact) mass is 638 g/mol. The van der Waals surface area contributed by atoms with E-state index < -0.39 is 11.8 Å². The van der Waals surface area contributed by atoms with Crippen LogP contribution in [-0.4, -0.2) is 45.2 Å². The van der Waals surface area contributed by atoms with Gasteiger partial charge in [-0.15, -0.1) is 0 Å². The van der Waals surface area contributed by atoms with Gasteiger partial charge in [-0.25, -0.2) is 9.97 Å². The Morgan fingerprint density at radius 1 is 0.978 bits per heavy atom. The van der Waals surface area contributed by atoms with Gasteiger partial charge < -0.3 is 34.5 Å². The van der Waals surface area contributed by atoms with Gasteiger partial charge in [0.2, 0.25) is 5.88 Å². The highest BCUT2D eigenvalue weighted by molar-refractivity contribution is 6.32. The van der Waals surface area contributed by atoms with Crippen LogP contribution in [0.5, 0.6) is 28.9 Å². The fourth-order valence-corrected chi connectivity index (χ4v) is 5.15. The average Bonchev–Trinajstić information content (AvgIpc) is 3.07. The molecule has 10 nitrogen and oxygen atoms in total. The van der Waals surface area contributed by atoms with Gasteiger partial charge in [-0.1, -0.05) is 41.9 Å². The number of halogens is 1. The summed E-state index contributed by atoms with van der Waals surface area (Å²) >= 11 is 6.75. The number of aliphatic hydroxyl groups is 2. The van der Waals surface area contributed by atoms with Crippen molar-refractivity contribution in [2.45, 2.75) is 38.8 Å². The Labute approximate surface area is 270 Å². The van der Waals surface area contributed by atoms with Crippen molar-refractivity contribution in [3.05, 3.63) is 101 Å². The van der Waals surface area contributed by atoms with Crippen LogP contribution < -0.4 is 24.3 Å². The molecular weight excluding hydrogens is 608 g/mol. The van der Waals surface area contributed by atoms with Crippen LogP contribution in [0.25, 0.3) is 22.0 Å². The minimum absolute atomic E-state index is 0.172. The molecule has 6 rings (SSSR count). The molecule has 0 bridgehead atoms. The minimum Gasteiger partial charge on any atom is -0.488 e. The smallest absolute Gasteiger partial charge is 0.230 e. The fraction of sp³-hybridized carbons (Fsp3) is 0.229. The molecule has 0 spiro atoms. The van der Waals surface area contributed by atoms with E-state index in [2.05, 4.69) is 21.4 Å². The first-order valence-corrected chi connectivity index (χ1v) is 15.0. The average molecular weight is 639 g/mol. The zero-order valence-corrected chi connectivity index (χ0v) is 25.9. The molecule has 234 valence electrons. The largest absolute Gasteiger partial charge is 0.488 e. The third kappa shape index (κ3) is 6.68. The molecule has 0 aliphatic carbocycles. The number of para-hydroxylation sites is 1. The van der Waals surface area contributed by atoms with Crippen molar-refractivity contribution < 1.29 is 29.2 Å². The number of rotatable bonds is 10. The number of hydrogen-bond donors (Lipinski definition) is 3. The summed E-state index contributed by atoms with van der Waals surface area (Å²) in [5, 5.41) is 33.0.